The molecule has 3 aromatic rings. The maximum Gasteiger partial charge on any atom is 0.253 e. The van der Waals surface area contributed by atoms with Gasteiger partial charge in [0.05, 0.1) is 29.9 Å². The number of ether oxygens (including phenoxy) is 1. The molecule has 0 spiro atoms. The van der Waals surface area contributed by atoms with Crippen molar-refractivity contribution >= 4 is 22.4 Å². The second-order valence-corrected chi connectivity index (χ2v) is 8.16. The van der Waals surface area contributed by atoms with Crippen molar-refractivity contribution in [1.82, 2.24) is 14.9 Å². The number of hydrogen-bond donors (Lipinski definition) is 2. The Labute approximate surface area is 179 Å². The average Bonchev–Trinajstić information content (AvgIpc) is 2.80. The molecule has 0 unspecified atom stereocenters. The fraction of sp³-hybridized carbons (Fsp3) is 0.391. The standard InChI is InChI=1S/C23H26FN5O2/c1-31-19-12-15(11-18-21(19)22-17(23(30)27-18)3-2-6-25-22)14-28-7-9-29(10-8-28)20-5-4-16(24)13-26-20/h4-5,11-13,25H,2-3,6-10,14H2,1H3,(H,27,30). The van der Waals surface area contributed by atoms with Gasteiger partial charge in [0.2, 0.25) is 0 Å². The molecule has 2 aliphatic rings. The molecule has 0 radical (unpaired) electrons. The van der Waals surface area contributed by atoms with Crippen molar-refractivity contribution in [3.63, 3.8) is 0 Å². The summed E-state index contributed by atoms with van der Waals surface area (Å²) in [5.74, 6) is 1.27. The van der Waals surface area contributed by atoms with E-state index in [1.807, 2.05) is 0 Å². The molecule has 0 atom stereocenters. The number of pyridine rings is 2. The summed E-state index contributed by atoms with van der Waals surface area (Å²) in [4.78, 5) is 24.4. The zero-order valence-corrected chi connectivity index (χ0v) is 17.6. The number of aromatic amines is 1. The van der Waals surface area contributed by atoms with Crippen LogP contribution in [0.4, 0.5) is 15.9 Å². The Hall–Kier alpha value is -3.13. The molecule has 4 heterocycles. The van der Waals surface area contributed by atoms with Crippen LogP contribution >= 0.6 is 0 Å². The van der Waals surface area contributed by atoms with Gasteiger partial charge < -0.3 is 19.9 Å². The summed E-state index contributed by atoms with van der Waals surface area (Å²) in [6, 6.07) is 7.31. The van der Waals surface area contributed by atoms with Crippen molar-refractivity contribution < 1.29 is 9.13 Å². The third-order valence-electron chi connectivity index (χ3n) is 6.18. The number of hydrogen-bond acceptors (Lipinski definition) is 6. The molecule has 0 bridgehead atoms. The minimum atomic E-state index is -0.317. The molecule has 31 heavy (non-hydrogen) atoms. The normalized spacial score (nSPS) is 16.8. The molecule has 5 rings (SSSR count). The number of piperazine rings is 1. The van der Waals surface area contributed by atoms with Gasteiger partial charge in [-0.1, -0.05) is 0 Å². The molecular formula is C23H26FN5O2. The van der Waals surface area contributed by atoms with Gasteiger partial charge >= 0.3 is 0 Å². The molecule has 2 N–H and O–H groups in total. The van der Waals surface area contributed by atoms with E-state index in [2.05, 4.69) is 37.2 Å². The highest BCUT2D eigenvalue weighted by Crippen LogP contribution is 2.35. The Balaban J connectivity index is 1.36. The fourth-order valence-corrected chi connectivity index (χ4v) is 4.60. The molecule has 162 valence electrons. The van der Waals surface area contributed by atoms with Crippen LogP contribution in [-0.4, -0.2) is 54.7 Å². The predicted octanol–water partition coefficient (Wildman–Crippen LogP) is 2.75. The Bertz CT molecular complexity index is 1150. The minimum Gasteiger partial charge on any atom is -0.496 e. The van der Waals surface area contributed by atoms with Crippen LogP contribution in [0.1, 0.15) is 17.5 Å². The topological polar surface area (TPSA) is 73.5 Å². The van der Waals surface area contributed by atoms with E-state index in [4.69, 9.17) is 4.74 Å². The Morgan fingerprint density at radius 1 is 1.19 bits per heavy atom. The van der Waals surface area contributed by atoms with E-state index in [1.54, 1.807) is 13.2 Å². The van der Waals surface area contributed by atoms with Crippen molar-refractivity contribution in [3.8, 4) is 5.75 Å². The second kappa shape index (κ2) is 8.19. The lowest BCUT2D eigenvalue weighted by molar-refractivity contribution is 0.249. The van der Waals surface area contributed by atoms with Crippen molar-refractivity contribution in [2.75, 3.05) is 50.1 Å². The molecular weight excluding hydrogens is 397 g/mol. The van der Waals surface area contributed by atoms with Crippen LogP contribution in [0.5, 0.6) is 5.75 Å². The maximum absolute atomic E-state index is 13.1. The van der Waals surface area contributed by atoms with Gasteiger partial charge in [-0.3, -0.25) is 9.69 Å². The predicted molar refractivity (Wildman–Crippen MR) is 120 cm³/mol. The third-order valence-corrected chi connectivity index (χ3v) is 6.18. The van der Waals surface area contributed by atoms with Gasteiger partial charge in [-0.2, -0.15) is 0 Å². The summed E-state index contributed by atoms with van der Waals surface area (Å²) in [5.41, 5.74) is 3.62. The number of rotatable bonds is 4. The van der Waals surface area contributed by atoms with Crippen LogP contribution < -0.4 is 20.5 Å². The highest BCUT2D eigenvalue weighted by atomic mass is 19.1. The monoisotopic (exact) mass is 423 g/mol. The van der Waals surface area contributed by atoms with Crippen molar-refractivity contribution in [1.29, 1.82) is 0 Å². The molecule has 1 aromatic carbocycles. The van der Waals surface area contributed by atoms with Crippen molar-refractivity contribution in [2.45, 2.75) is 19.4 Å². The summed E-state index contributed by atoms with van der Waals surface area (Å²) in [6.45, 7) is 5.05. The number of H-pyrrole nitrogens is 1. The molecule has 1 saturated heterocycles. The van der Waals surface area contributed by atoms with Crippen LogP contribution in [0.3, 0.4) is 0 Å². The number of anilines is 2. The second-order valence-electron chi connectivity index (χ2n) is 8.16. The lowest BCUT2D eigenvalue weighted by Crippen LogP contribution is -2.46. The summed E-state index contributed by atoms with van der Waals surface area (Å²) in [5, 5.41) is 4.35. The molecule has 7 nitrogen and oxygen atoms in total. The van der Waals surface area contributed by atoms with E-state index >= 15 is 0 Å². The van der Waals surface area contributed by atoms with Crippen LogP contribution in [0.2, 0.25) is 0 Å². The first kappa shape index (κ1) is 19.8. The summed E-state index contributed by atoms with van der Waals surface area (Å²) in [7, 11) is 1.67. The van der Waals surface area contributed by atoms with E-state index < -0.39 is 0 Å². The van der Waals surface area contributed by atoms with E-state index in [9.17, 15) is 9.18 Å². The lowest BCUT2D eigenvalue weighted by Gasteiger charge is -2.35. The zero-order valence-electron chi connectivity index (χ0n) is 17.6. The zero-order chi connectivity index (χ0) is 21.4. The van der Waals surface area contributed by atoms with Crippen LogP contribution in [0, 0.1) is 5.82 Å². The quantitative estimate of drug-likeness (QED) is 0.672. The number of aromatic nitrogens is 2. The highest BCUT2D eigenvalue weighted by molar-refractivity contribution is 5.98. The van der Waals surface area contributed by atoms with Crippen LogP contribution in [0.25, 0.3) is 10.9 Å². The molecule has 0 saturated carbocycles. The van der Waals surface area contributed by atoms with Crippen molar-refractivity contribution in [2.24, 2.45) is 0 Å². The molecule has 1 fully saturated rings. The number of fused-ring (bicyclic) bond motifs is 3. The van der Waals surface area contributed by atoms with Gasteiger partial charge in [-0.15, -0.1) is 0 Å². The van der Waals surface area contributed by atoms with Crippen molar-refractivity contribution in [3.05, 3.63) is 57.8 Å². The molecule has 8 heteroatoms. The molecule has 0 amide bonds. The summed E-state index contributed by atoms with van der Waals surface area (Å²) < 4.78 is 18.8. The fourth-order valence-electron chi connectivity index (χ4n) is 4.60. The number of benzene rings is 1. The number of nitrogens with zero attached hydrogens (tertiary/aromatic N) is 3. The summed E-state index contributed by atoms with van der Waals surface area (Å²) >= 11 is 0. The largest absolute Gasteiger partial charge is 0.496 e. The number of halogens is 1. The van der Waals surface area contributed by atoms with Crippen LogP contribution in [-0.2, 0) is 13.0 Å². The van der Waals surface area contributed by atoms with Gasteiger partial charge in [0.1, 0.15) is 17.4 Å². The number of nitrogens with one attached hydrogen (secondary N) is 2. The van der Waals surface area contributed by atoms with E-state index in [0.717, 1.165) is 91.4 Å². The first-order valence-corrected chi connectivity index (χ1v) is 10.7. The molecule has 2 aliphatic heterocycles. The minimum absolute atomic E-state index is 0.0192. The molecule has 2 aromatic heterocycles. The van der Waals surface area contributed by atoms with E-state index in [1.165, 1.54) is 12.3 Å². The first-order chi connectivity index (χ1) is 15.1. The summed E-state index contributed by atoms with van der Waals surface area (Å²) in [6.07, 6.45) is 3.00. The Kier molecular flexibility index (Phi) is 5.23. The smallest absolute Gasteiger partial charge is 0.253 e. The molecule has 0 aliphatic carbocycles. The average molecular weight is 423 g/mol. The van der Waals surface area contributed by atoms with Gasteiger partial charge in [-0.05, 0) is 42.7 Å². The Morgan fingerprint density at radius 3 is 2.77 bits per heavy atom. The van der Waals surface area contributed by atoms with Gasteiger partial charge in [0.25, 0.3) is 5.56 Å². The third kappa shape index (κ3) is 3.83. The highest BCUT2D eigenvalue weighted by Gasteiger charge is 2.22. The lowest BCUT2D eigenvalue weighted by atomic mass is 9.99. The van der Waals surface area contributed by atoms with Gasteiger partial charge in [-0.25, -0.2) is 9.37 Å². The SMILES string of the molecule is COc1cc(CN2CCN(c3ccc(F)cn3)CC2)cc2[nH]c(=O)c3c(c12)NCCC3. The van der Waals surface area contributed by atoms with Gasteiger partial charge in [0.15, 0.2) is 0 Å². The number of methoxy groups -OCH3 is 1. The Morgan fingerprint density at radius 2 is 2.03 bits per heavy atom. The first-order valence-electron chi connectivity index (χ1n) is 10.7. The van der Waals surface area contributed by atoms with Crippen LogP contribution in [0.15, 0.2) is 35.3 Å². The van der Waals surface area contributed by atoms with E-state index in [0.29, 0.717) is 0 Å². The maximum atomic E-state index is 13.1. The van der Waals surface area contributed by atoms with E-state index in [-0.39, 0.29) is 11.4 Å². The van der Waals surface area contributed by atoms with Gasteiger partial charge in [0, 0.05) is 44.8 Å².